The van der Waals surface area contributed by atoms with Crippen LogP contribution in [0.3, 0.4) is 0 Å². The van der Waals surface area contributed by atoms with Crippen molar-refractivity contribution in [3.05, 3.63) is 76.9 Å². The summed E-state index contributed by atoms with van der Waals surface area (Å²) >= 11 is 0. The highest BCUT2D eigenvalue weighted by Gasteiger charge is 2.52. The molecular formula is C27H28N4O3. The van der Waals surface area contributed by atoms with E-state index in [9.17, 15) is 0 Å². The molecule has 34 heavy (non-hydrogen) atoms. The molecule has 3 aromatic rings. The molecular weight excluding hydrogens is 428 g/mol. The first-order valence-corrected chi connectivity index (χ1v) is 11.7. The van der Waals surface area contributed by atoms with E-state index < -0.39 is 5.72 Å². The molecule has 1 atom stereocenters. The first-order chi connectivity index (χ1) is 16.6. The number of oxime groups is 1. The van der Waals surface area contributed by atoms with Crippen LogP contribution in [0.15, 0.2) is 59.7 Å². The molecule has 0 saturated carbocycles. The van der Waals surface area contributed by atoms with E-state index in [4.69, 9.17) is 14.3 Å². The van der Waals surface area contributed by atoms with Crippen molar-refractivity contribution in [2.24, 2.45) is 5.16 Å². The van der Waals surface area contributed by atoms with E-state index in [0.29, 0.717) is 6.61 Å². The summed E-state index contributed by atoms with van der Waals surface area (Å²) in [7, 11) is 1.70. The van der Waals surface area contributed by atoms with Crippen LogP contribution in [-0.2, 0) is 10.6 Å². The summed E-state index contributed by atoms with van der Waals surface area (Å²) in [4.78, 5) is 12.9. The quantitative estimate of drug-likeness (QED) is 0.558. The monoisotopic (exact) mass is 456 g/mol. The van der Waals surface area contributed by atoms with Crippen LogP contribution in [0.2, 0.25) is 0 Å². The van der Waals surface area contributed by atoms with E-state index in [1.807, 2.05) is 24.0 Å². The Kier molecular flexibility index (Phi) is 4.86. The molecule has 6 rings (SSSR count). The van der Waals surface area contributed by atoms with E-state index in [-0.39, 0.29) is 0 Å². The zero-order valence-corrected chi connectivity index (χ0v) is 19.7. The van der Waals surface area contributed by atoms with Gasteiger partial charge in [-0.25, -0.2) is 4.98 Å². The van der Waals surface area contributed by atoms with Gasteiger partial charge >= 0.3 is 0 Å². The van der Waals surface area contributed by atoms with Crippen LogP contribution in [0, 0.1) is 13.8 Å². The van der Waals surface area contributed by atoms with E-state index >= 15 is 0 Å². The Bertz CT molecular complexity index is 1330. The van der Waals surface area contributed by atoms with Crippen molar-refractivity contribution in [3.8, 4) is 17.2 Å². The lowest BCUT2D eigenvalue weighted by Gasteiger charge is -2.42. The van der Waals surface area contributed by atoms with Gasteiger partial charge in [-0.2, -0.15) is 0 Å². The molecule has 1 spiro atoms. The second-order valence-corrected chi connectivity index (χ2v) is 9.17. The van der Waals surface area contributed by atoms with Gasteiger partial charge < -0.3 is 23.8 Å². The lowest BCUT2D eigenvalue weighted by Crippen LogP contribution is -2.51. The Hall–Kier alpha value is -3.74. The number of piperidine rings is 1. The summed E-state index contributed by atoms with van der Waals surface area (Å²) in [6.07, 6.45) is 8.75. The maximum Gasteiger partial charge on any atom is 0.244 e. The number of fused-ring (bicyclic) bond motifs is 4. The molecule has 1 unspecified atom stereocenters. The van der Waals surface area contributed by atoms with E-state index in [0.717, 1.165) is 65.7 Å². The second-order valence-electron chi connectivity index (χ2n) is 9.17. The van der Waals surface area contributed by atoms with Crippen LogP contribution in [-0.4, -0.2) is 40.5 Å². The number of aromatic nitrogens is 2. The smallest absolute Gasteiger partial charge is 0.244 e. The highest BCUT2D eigenvalue weighted by atomic mass is 16.7. The molecule has 0 aliphatic carbocycles. The molecule has 7 nitrogen and oxygen atoms in total. The van der Waals surface area contributed by atoms with Crippen LogP contribution in [0.25, 0.3) is 11.8 Å². The number of nitrogens with zero attached hydrogens (tertiary/aromatic N) is 4. The third-order valence-corrected chi connectivity index (χ3v) is 6.88. The van der Waals surface area contributed by atoms with Crippen molar-refractivity contribution in [1.29, 1.82) is 0 Å². The molecule has 0 N–H and O–H groups in total. The first kappa shape index (κ1) is 20.8. The van der Waals surface area contributed by atoms with Gasteiger partial charge in [-0.05, 0) is 73.7 Å². The number of rotatable bonds is 3. The summed E-state index contributed by atoms with van der Waals surface area (Å²) in [5.41, 5.74) is 5.83. The van der Waals surface area contributed by atoms with Crippen molar-refractivity contribution in [2.45, 2.75) is 38.8 Å². The molecule has 1 aromatic heterocycles. The van der Waals surface area contributed by atoms with Crippen molar-refractivity contribution in [1.82, 2.24) is 14.5 Å². The molecule has 174 valence electrons. The van der Waals surface area contributed by atoms with Crippen LogP contribution in [0.5, 0.6) is 11.5 Å². The maximum atomic E-state index is 6.24. The molecule has 0 amide bonds. The van der Waals surface area contributed by atoms with E-state index in [2.05, 4.69) is 64.4 Å². The molecule has 3 aliphatic rings. The van der Waals surface area contributed by atoms with Crippen molar-refractivity contribution < 1.29 is 14.3 Å². The molecule has 0 radical (unpaired) electrons. The number of hydrogen-bond donors (Lipinski definition) is 0. The fraction of sp³-hybridized carbons (Fsp3) is 0.333. The number of hydrogen-bond acceptors (Lipinski definition) is 6. The Balaban J connectivity index is 1.34. The predicted molar refractivity (Wildman–Crippen MR) is 130 cm³/mol. The molecule has 0 bridgehead atoms. The Morgan fingerprint density at radius 3 is 2.88 bits per heavy atom. The van der Waals surface area contributed by atoms with Crippen LogP contribution in [0.1, 0.15) is 41.6 Å². The number of benzene rings is 2. The molecule has 1 fully saturated rings. The number of aryl methyl sites for hydroxylation is 2. The van der Waals surface area contributed by atoms with Gasteiger partial charge in [0.2, 0.25) is 5.72 Å². The molecule has 2 aromatic carbocycles. The zero-order chi connectivity index (χ0) is 23.3. The van der Waals surface area contributed by atoms with Crippen LogP contribution < -0.4 is 9.47 Å². The fourth-order valence-corrected chi connectivity index (χ4v) is 5.22. The van der Waals surface area contributed by atoms with Gasteiger partial charge in [-0.1, -0.05) is 17.3 Å². The van der Waals surface area contributed by atoms with E-state index in [1.165, 1.54) is 11.1 Å². The van der Waals surface area contributed by atoms with Gasteiger partial charge in [-0.3, -0.25) is 0 Å². The van der Waals surface area contributed by atoms with Gasteiger partial charge in [0, 0.05) is 19.2 Å². The minimum Gasteiger partial charge on any atom is -0.495 e. The average molecular weight is 457 g/mol. The van der Waals surface area contributed by atoms with Crippen LogP contribution >= 0.6 is 0 Å². The number of amidine groups is 1. The molecule has 1 saturated heterocycles. The largest absolute Gasteiger partial charge is 0.495 e. The summed E-state index contributed by atoms with van der Waals surface area (Å²) in [6, 6.07) is 12.6. The van der Waals surface area contributed by atoms with E-state index in [1.54, 1.807) is 7.11 Å². The minimum absolute atomic E-state index is 0.586. The standard InChI is InChI=1S/C27H28N4O3/c1-18-6-8-22-24(13-18)33-12-10-27(22)31-11-4-5-21(26(31)29-34-27)14-20-7-9-23(25(15-20)32-3)30-16-19(2)28-17-30/h6-9,13-17H,4-5,10-12H2,1-3H3. The highest BCUT2D eigenvalue weighted by molar-refractivity contribution is 6.03. The number of methoxy groups -OCH3 is 1. The highest BCUT2D eigenvalue weighted by Crippen LogP contribution is 2.48. The summed E-state index contributed by atoms with van der Waals surface area (Å²) < 4.78 is 13.7. The lowest BCUT2D eigenvalue weighted by molar-refractivity contribution is -0.128. The Morgan fingerprint density at radius 1 is 1.15 bits per heavy atom. The van der Waals surface area contributed by atoms with Crippen LogP contribution in [0.4, 0.5) is 0 Å². The zero-order valence-electron chi connectivity index (χ0n) is 19.7. The van der Waals surface area contributed by atoms with Crippen molar-refractivity contribution >= 4 is 11.9 Å². The summed E-state index contributed by atoms with van der Waals surface area (Å²) in [6.45, 7) is 5.58. The molecule has 7 heteroatoms. The topological polar surface area (TPSA) is 61.1 Å². The SMILES string of the molecule is COc1cc(C=C2CCCN3C2=NOC32CCOc3cc(C)ccc32)ccc1-n1cnc(C)c1. The van der Waals surface area contributed by atoms with Gasteiger partial charge in [0.25, 0.3) is 0 Å². The average Bonchev–Trinajstić information content (AvgIpc) is 3.44. The minimum atomic E-state index is -0.586. The van der Waals surface area contributed by atoms with Gasteiger partial charge in [0.05, 0.1) is 37.0 Å². The molecule has 3 aliphatic heterocycles. The molecule has 4 heterocycles. The second kappa shape index (κ2) is 7.94. The van der Waals surface area contributed by atoms with Gasteiger partial charge in [-0.15, -0.1) is 0 Å². The fourth-order valence-electron chi connectivity index (χ4n) is 5.22. The Morgan fingerprint density at radius 2 is 2.06 bits per heavy atom. The third kappa shape index (κ3) is 3.26. The van der Waals surface area contributed by atoms with Crippen molar-refractivity contribution in [2.75, 3.05) is 20.3 Å². The normalized spacial score (nSPS) is 22.1. The first-order valence-electron chi connectivity index (χ1n) is 11.7. The maximum absolute atomic E-state index is 6.24. The predicted octanol–water partition coefficient (Wildman–Crippen LogP) is 4.96. The third-order valence-electron chi connectivity index (χ3n) is 6.88. The van der Waals surface area contributed by atoms with Gasteiger partial charge in [0.1, 0.15) is 11.5 Å². The summed E-state index contributed by atoms with van der Waals surface area (Å²) in [5.74, 6) is 2.62. The summed E-state index contributed by atoms with van der Waals surface area (Å²) in [5, 5.41) is 4.62. The van der Waals surface area contributed by atoms with Crippen molar-refractivity contribution in [3.63, 3.8) is 0 Å². The Labute approximate surface area is 199 Å². The van der Waals surface area contributed by atoms with Gasteiger partial charge in [0.15, 0.2) is 5.84 Å². The number of imidazole rings is 1. The lowest BCUT2D eigenvalue weighted by atomic mass is 9.90. The number of ether oxygens (including phenoxy) is 2.